The zero-order chi connectivity index (χ0) is 17.1. The molecule has 2 aromatic heterocycles. The summed E-state index contributed by atoms with van der Waals surface area (Å²) in [5.41, 5.74) is 1.13. The van der Waals surface area contributed by atoms with Gasteiger partial charge in [0.25, 0.3) is 0 Å². The van der Waals surface area contributed by atoms with Crippen molar-refractivity contribution in [2.75, 3.05) is 6.61 Å². The highest BCUT2D eigenvalue weighted by Crippen LogP contribution is 2.15. The molecule has 0 amide bonds. The maximum absolute atomic E-state index is 12.5. The number of pyridine rings is 2. The highest BCUT2D eigenvalue weighted by molar-refractivity contribution is 6.30. The number of fused-ring (bicyclic) bond motifs is 1. The third kappa shape index (κ3) is 3.16. The van der Waals surface area contributed by atoms with Crippen LogP contribution in [0.5, 0.6) is 0 Å². The lowest BCUT2D eigenvalue weighted by Gasteiger charge is -2.12. The van der Waals surface area contributed by atoms with E-state index in [1.165, 1.54) is 6.20 Å². The number of rotatable bonds is 4. The zero-order valence-electron chi connectivity index (χ0n) is 13.0. The number of carbonyl (C=O) groups is 1. The first-order valence-electron chi connectivity index (χ1n) is 7.50. The highest BCUT2D eigenvalue weighted by atomic mass is 35.5. The summed E-state index contributed by atoms with van der Waals surface area (Å²) in [6.07, 6.45) is 3.12. The number of hydrogen-bond acceptors (Lipinski definition) is 4. The van der Waals surface area contributed by atoms with Crippen molar-refractivity contribution in [3.05, 3.63) is 75.2 Å². The Hall–Kier alpha value is -2.66. The van der Waals surface area contributed by atoms with Gasteiger partial charge < -0.3 is 9.30 Å². The van der Waals surface area contributed by atoms with E-state index in [2.05, 4.69) is 4.98 Å². The van der Waals surface area contributed by atoms with Crippen molar-refractivity contribution in [2.24, 2.45) is 0 Å². The van der Waals surface area contributed by atoms with Crippen molar-refractivity contribution in [1.29, 1.82) is 0 Å². The standard InChI is InChI=1S/C18H15ClN2O3/c1-2-24-18(23)15-11-21(10-12-5-7-13(19)8-6-12)17-14(16(15)22)4-3-9-20-17/h3-9,11H,2,10H2,1H3. The van der Waals surface area contributed by atoms with Gasteiger partial charge in [-0.3, -0.25) is 4.79 Å². The molecule has 122 valence electrons. The molecule has 1 aromatic carbocycles. The average molecular weight is 343 g/mol. The molecule has 5 nitrogen and oxygen atoms in total. The van der Waals surface area contributed by atoms with Gasteiger partial charge in [-0.05, 0) is 36.8 Å². The summed E-state index contributed by atoms with van der Waals surface area (Å²) in [5.74, 6) is -0.627. The van der Waals surface area contributed by atoms with Crippen molar-refractivity contribution < 1.29 is 9.53 Å². The quantitative estimate of drug-likeness (QED) is 0.683. The smallest absolute Gasteiger partial charge is 0.343 e. The molecule has 0 N–H and O–H groups in total. The zero-order valence-corrected chi connectivity index (χ0v) is 13.8. The Kier molecular flexibility index (Phi) is 4.62. The van der Waals surface area contributed by atoms with Crippen LogP contribution in [0, 0.1) is 0 Å². The number of halogens is 1. The maximum atomic E-state index is 12.5. The van der Waals surface area contributed by atoms with Crippen molar-refractivity contribution in [3.8, 4) is 0 Å². The van der Waals surface area contributed by atoms with Gasteiger partial charge in [-0.15, -0.1) is 0 Å². The molecule has 0 saturated carbocycles. The average Bonchev–Trinajstić information content (AvgIpc) is 2.59. The van der Waals surface area contributed by atoms with E-state index >= 15 is 0 Å². The number of hydrogen-bond donors (Lipinski definition) is 0. The third-order valence-electron chi connectivity index (χ3n) is 3.59. The molecule has 0 atom stereocenters. The van der Waals surface area contributed by atoms with Crippen LogP contribution in [0.15, 0.2) is 53.6 Å². The number of nitrogens with zero attached hydrogens (tertiary/aromatic N) is 2. The van der Waals surface area contributed by atoms with Crippen molar-refractivity contribution in [3.63, 3.8) is 0 Å². The van der Waals surface area contributed by atoms with Gasteiger partial charge in [0, 0.05) is 24.0 Å². The van der Waals surface area contributed by atoms with E-state index in [0.717, 1.165) is 5.56 Å². The fourth-order valence-corrected chi connectivity index (χ4v) is 2.61. The van der Waals surface area contributed by atoms with Crippen LogP contribution in [0.1, 0.15) is 22.8 Å². The van der Waals surface area contributed by atoms with Crippen LogP contribution in [0.2, 0.25) is 5.02 Å². The summed E-state index contributed by atoms with van der Waals surface area (Å²) < 4.78 is 6.76. The molecule has 6 heteroatoms. The number of aromatic nitrogens is 2. The lowest BCUT2D eigenvalue weighted by atomic mass is 10.1. The van der Waals surface area contributed by atoms with Crippen LogP contribution in [-0.2, 0) is 11.3 Å². The summed E-state index contributed by atoms with van der Waals surface area (Å²) in [5, 5.41) is 1.03. The monoisotopic (exact) mass is 342 g/mol. The van der Waals surface area contributed by atoms with Gasteiger partial charge in [0.15, 0.2) is 0 Å². The predicted octanol–water partition coefficient (Wildman–Crippen LogP) is 3.27. The van der Waals surface area contributed by atoms with E-state index in [1.807, 2.05) is 12.1 Å². The summed E-state index contributed by atoms with van der Waals surface area (Å²) in [7, 11) is 0. The fraction of sp³-hybridized carbons (Fsp3) is 0.167. The molecule has 0 aliphatic rings. The van der Waals surface area contributed by atoms with Crippen LogP contribution in [0.4, 0.5) is 0 Å². The molecule has 0 unspecified atom stereocenters. The van der Waals surface area contributed by atoms with E-state index in [4.69, 9.17) is 16.3 Å². The van der Waals surface area contributed by atoms with Crippen LogP contribution < -0.4 is 5.43 Å². The molecule has 0 aliphatic heterocycles. The molecule has 2 heterocycles. The first kappa shape index (κ1) is 16.2. The molecule has 0 aliphatic carbocycles. The Morgan fingerprint density at radius 1 is 1.25 bits per heavy atom. The van der Waals surface area contributed by atoms with E-state index < -0.39 is 5.97 Å². The van der Waals surface area contributed by atoms with Crippen LogP contribution in [-0.4, -0.2) is 22.1 Å². The van der Waals surface area contributed by atoms with Gasteiger partial charge in [0.05, 0.1) is 12.0 Å². The summed E-state index contributed by atoms with van der Waals surface area (Å²) in [6.45, 7) is 2.37. The van der Waals surface area contributed by atoms with Crippen LogP contribution in [0.3, 0.4) is 0 Å². The summed E-state index contributed by atoms with van der Waals surface area (Å²) in [4.78, 5) is 28.9. The van der Waals surface area contributed by atoms with E-state index in [9.17, 15) is 9.59 Å². The minimum Gasteiger partial charge on any atom is -0.462 e. The van der Waals surface area contributed by atoms with Crippen molar-refractivity contribution in [2.45, 2.75) is 13.5 Å². The molecule has 24 heavy (non-hydrogen) atoms. The van der Waals surface area contributed by atoms with Crippen molar-refractivity contribution >= 4 is 28.6 Å². The first-order valence-corrected chi connectivity index (χ1v) is 7.87. The Labute approximate surface area is 143 Å². The normalized spacial score (nSPS) is 10.8. The molecule has 0 spiro atoms. The minimum atomic E-state index is -0.627. The Morgan fingerprint density at radius 3 is 2.71 bits per heavy atom. The second kappa shape index (κ2) is 6.84. The van der Waals surface area contributed by atoms with Crippen LogP contribution >= 0.6 is 11.6 Å². The van der Waals surface area contributed by atoms with Gasteiger partial charge >= 0.3 is 5.97 Å². The highest BCUT2D eigenvalue weighted by Gasteiger charge is 2.17. The van der Waals surface area contributed by atoms with E-state index in [1.54, 1.807) is 42.0 Å². The summed E-state index contributed by atoms with van der Waals surface area (Å²) in [6, 6.07) is 10.7. The topological polar surface area (TPSA) is 61.2 Å². The molecular formula is C18H15ClN2O3. The fourth-order valence-electron chi connectivity index (χ4n) is 2.49. The molecule has 0 radical (unpaired) electrons. The predicted molar refractivity (Wildman–Crippen MR) is 92.5 cm³/mol. The molecule has 3 rings (SSSR count). The number of carbonyl (C=O) groups excluding carboxylic acids is 1. The summed E-state index contributed by atoms with van der Waals surface area (Å²) >= 11 is 5.91. The Morgan fingerprint density at radius 2 is 2.00 bits per heavy atom. The second-order valence-electron chi connectivity index (χ2n) is 5.22. The van der Waals surface area contributed by atoms with E-state index in [-0.39, 0.29) is 17.6 Å². The lowest BCUT2D eigenvalue weighted by Crippen LogP contribution is -2.21. The minimum absolute atomic E-state index is 0.00585. The second-order valence-corrected chi connectivity index (χ2v) is 5.66. The molecule has 0 saturated heterocycles. The van der Waals surface area contributed by atoms with Gasteiger partial charge in [-0.1, -0.05) is 23.7 Å². The van der Waals surface area contributed by atoms with Gasteiger partial charge in [-0.25, -0.2) is 9.78 Å². The van der Waals surface area contributed by atoms with Gasteiger partial charge in [0.1, 0.15) is 11.2 Å². The number of benzene rings is 1. The van der Waals surface area contributed by atoms with Crippen molar-refractivity contribution in [1.82, 2.24) is 9.55 Å². The maximum Gasteiger partial charge on any atom is 0.343 e. The van der Waals surface area contributed by atoms with Gasteiger partial charge in [-0.2, -0.15) is 0 Å². The largest absolute Gasteiger partial charge is 0.462 e. The SMILES string of the molecule is CCOC(=O)c1cn(Cc2ccc(Cl)cc2)c2ncccc2c1=O. The molecule has 3 aromatic rings. The van der Waals surface area contributed by atoms with E-state index in [0.29, 0.717) is 22.6 Å². The lowest BCUT2D eigenvalue weighted by molar-refractivity contribution is 0.0524. The molecule has 0 bridgehead atoms. The Balaban J connectivity index is 2.15. The number of ether oxygens (including phenoxy) is 1. The molecular weight excluding hydrogens is 328 g/mol. The molecule has 0 fully saturated rings. The number of esters is 1. The third-order valence-corrected chi connectivity index (χ3v) is 3.85. The van der Waals surface area contributed by atoms with Crippen LogP contribution in [0.25, 0.3) is 11.0 Å². The Bertz CT molecular complexity index is 949. The first-order chi connectivity index (χ1) is 11.6. The van der Waals surface area contributed by atoms with Gasteiger partial charge in [0.2, 0.25) is 5.43 Å².